The van der Waals surface area contributed by atoms with Crippen LogP contribution in [-0.2, 0) is 6.18 Å². The summed E-state index contributed by atoms with van der Waals surface area (Å²) in [6.45, 7) is 2.60. The Balaban J connectivity index is 2.57. The number of aromatic nitrogens is 1. The summed E-state index contributed by atoms with van der Waals surface area (Å²) in [4.78, 5) is 3.18. The van der Waals surface area contributed by atoms with Crippen molar-refractivity contribution in [3.05, 3.63) is 24.0 Å². The van der Waals surface area contributed by atoms with Crippen LogP contribution in [-0.4, -0.2) is 43.8 Å². The zero-order valence-corrected chi connectivity index (χ0v) is 16.2. The first kappa shape index (κ1) is 22.1. The van der Waals surface area contributed by atoms with Crippen LogP contribution in [0.5, 0.6) is 0 Å². The van der Waals surface area contributed by atoms with Crippen LogP contribution in [0.15, 0.2) is 23.4 Å². The fourth-order valence-corrected chi connectivity index (χ4v) is 3.95. The lowest BCUT2D eigenvalue weighted by Gasteiger charge is -2.43. The molecule has 4 atom stereocenters. The largest absolute Gasteiger partial charge is 0.433 e. The number of hydrogen-bond donors (Lipinski definition) is 2. The molecule has 27 heavy (non-hydrogen) atoms. The molecule has 0 fully saturated rings. The van der Waals surface area contributed by atoms with Crippen LogP contribution in [0.2, 0.25) is 0 Å². The van der Waals surface area contributed by atoms with Gasteiger partial charge in [0.2, 0.25) is 0 Å². The van der Waals surface area contributed by atoms with E-state index in [0.29, 0.717) is 11.1 Å². The summed E-state index contributed by atoms with van der Waals surface area (Å²) in [6, 6.07) is 1.66. The SMILES string of the molecule is CC1=NN(c2ccnc(C(F)(F)F)c2)C(O)C1(C(C)CI)C(O)C(F)(F)F. The fourth-order valence-electron chi connectivity index (χ4n) is 3.23. The molecule has 0 aromatic carbocycles. The Hall–Kier alpha value is -1.15. The third-order valence-corrected chi connectivity index (χ3v) is 5.97. The van der Waals surface area contributed by atoms with Crippen molar-refractivity contribution >= 4 is 34.0 Å². The summed E-state index contributed by atoms with van der Waals surface area (Å²) < 4.78 is 78.8. The Morgan fingerprint density at radius 1 is 1.30 bits per heavy atom. The first-order valence-corrected chi connectivity index (χ1v) is 9.17. The van der Waals surface area contributed by atoms with E-state index in [4.69, 9.17) is 0 Å². The van der Waals surface area contributed by atoms with Crippen molar-refractivity contribution in [1.82, 2.24) is 4.98 Å². The van der Waals surface area contributed by atoms with E-state index in [-0.39, 0.29) is 15.8 Å². The summed E-state index contributed by atoms with van der Waals surface area (Å²) >= 11 is 1.81. The molecule has 12 heteroatoms. The van der Waals surface area contributed by atoms with E-state index in [9.17, 15) is 36.6 Å². The van der Waals surface area contributed by atoms with E-state index in [2.05, 4.69) is 10.1 Å². The number of hydrazone groups is 1. The van der Waals surface area contributed by atoms with Crippen molar-refractivity contribution in [2.75, 3.05) is 9.44 Å². The lowest BCUT2D eigenvalue weighted by molar-refractivity contribution is -0.245. The van der Waals surface area contributed by atoms with Gasteiger partial charge < -0.3 is 10.2 Å². The second kappa shape index (κ2) is 7.35. The van der Waals surface area contributed by atoms with Crippen molar-refractivity contribution in [3.8, 4) is 0 Å². The maximum absolute atomic E-state index is 13.3. The van der Waals surface area contributed by atoms with Gasteiger partial charge >= 0.3 is 12.4 Å². The second-order valence-electron chi connectivity index (χ2n) is 6.23. The predicted molar refractivity (Wildman–Crippen MR) is 93.4 cm³/mol. The molecule has 1 aromatic heterocycles. The minimum absolute atomic E-state index is 0.132. The van der Waals surface area contributed by atoms with Crippen LogP contribution >= 0.6 is 22.6 Å². The molecular weight excluding hydrogens is 495 g/mol. The summed E-state index contributed by atoms with van der Waals surface area (Å²) in [6.07, 6.45) is -14.0. The van der Waals surface area contributed by atoms with Crippen molar-refractivity contribution in [3.63, 3.8) is 0 Å². The van der Waals surface area contributed by atoms with Crippen LogP contribution in [0.1, 0.15) is 19.5 Å². The molecule has 1 aromatic rings. The number of rotatable bonds is 4. The van der Waals surface area contributed by atoms with Gasteiger partial charge in [-0.15, -0.1) is 0 Å². The van der Waals surface area contributed by atoms with Crippen molar-refractivity contribution < 1.29 is 36.6 Å². The van der Waals surface area contributed by atoms with Crippen molar-refractivity contribution in [1.29, 1.82) is 0 Å². The number of pyridine rings is 1. The third kappa shape index (κ3) is 3.75. The zero-order chi connectivity index (χ0) is 20.8. The van der Waals surface area contributed by atoms with Crippen molar-refractivity contribution in [2.45, 2.75) is 38.5 Å². The number of aliphatic hydroxyl groups is 2. The summed E-state index contributed by atoms with van der Waals surface area (Å²) in [5, 5.41) is 25.3. The smallest absolute Gasteiger partial charge is 0.383 e. The summed E-state index contributed by atoms with van der Waals surface area (Å²) in [5.41, 5.74) is -4.03. The van der Waals surface area contributed by atoms with Gasteiger partial charge in [0.1, 0.15) is 5.69 Å². The van der Waals surface area contributed by atoms with Gasteiger partial charge in [0.15, 0.2) is 12.3 Å². The third-order valence-electron chi connectivity index (χ3n) is 4.65. The van der Waals surface area contributed by atoms with E-state index in [1.165, 1.54) is 13.8 Å². The highest BCUT2D eigenvalue weighted by molar-refractivity contribution is 14.1. The molecule has 0 amide bonds. The lowest BCUT2D eigenvalue weighted by Crippen LogP contribution is -2.60. The van der Waals surface area contributed by atoms with Gasteiger partial charge in [-0.25, -0.2) is 5.01 Å². The van der Waals surface area contributed by atoms with Gasteiger partial charge in [-0.3, -0.25) is 4.98 Å². The molecule has 0 spiro atoms. The highest BCUT2D eigenvalue weighted by atomic mass is 127. The van der Waals surface area contributed by atoms with Gasteiger partial charge in [-0.05, 0) is 25.0 Å². The minimum atomic E-state index is -5.07. The van der Waals surface area contributed by atoms with Crippen LogP contribution in [0.3, 0.4) is 0 Å². The molecule has 0 aliphatic carbocycles. The van der Waals surface area contributed by atoms with E-state index >= 15 is 0 Å². The van der Waals surface area contributed by atoms with E-state index < -0.39 is 41.7 Å². The number of halogens is 7. The molecule has 1 aliphatic heterocycles. The molecule has 2 rings (SSSR count). The average molecular weight is 511 g/mol. The molecule has 0 saturated heterocycles. The van der Waals surface area contributed by atoms with Crippen LogP contribution in [0.4, 0.5) is 32.0 Å². The van der Waals surface area contributed by atoms with Gasteiger partial charge in [0.25, 0.3) is 0 Å². The summed E-state index contributed by atoms with van der Waals surface area (Å²) in [7, 11) is 0. The van der Waals surface area contributed by atoms with E-state index in [1.807, 2.05) is 22.6 Å². The Labute approximate surface area is 164 Å². The fraction of sp³-hybridized carbons (Fsp3) is 0.600. The molecule has 4 unspecified atom stereocenters. The molecule has 1 aliphatic rings. The Bertz CT molecular complexity index is 726. The Morgan fingerprint density at radius 2 is 1.89 bits per heavy atom. The number of anilines is 1. The average Bonchev–Trinajstić information content (AvgIpc) is 2.84. The number of hydrogen-bond acceptors (Lipinski definition) is 5. The summed E-state index contributed by atoms with van der Waals surface area (Å²) in [5.74, 6) is -0.887. The number of nitrogens with zero attached hydrogens (tertiary/aromatic N) is 3. The molecule has 2 heterocycles. The predicted octanol–water partition coefficient (Wildman–Crippen LogP) is 3.60. The highest BCUT2D eigenvalue weighted by Crippen LogP contribution is 2.49. The van der Waals surface area contributed by atoms with Gasteiger partial charge in [-0.2, -0.15) is 31.4 Å². The first-order chi connectivity index (χ1) is 12.3. The van der Waals surface area contributed by atoms with Crippen molar-refractivity contribution in [2.24, 2.45) is 16.4 Å². The molecule has 152 valence electrons. The standard InChI is InChI=1S/C15H16F6IN3O2/c1-7(6-22)13(11(26)15(19,20)21)8(2)24-25(12(13)27)9-3-4-23-10(5-9)14(16,17)18/h3-5,7,11-12,26-27H,6H2,1-2H3. The molecule has 0 saturated carbocycles. The van der Waals surface area contributed by atoms with E-state index in [0.717, 1.165) is 12.3 Å². The molecule has 0 radical (unpaired) electrons. The molecular formula is C15H16F6IN3O2. The maximum Gasteiger partial charge on any atom is 0.433 e. The number of alkyl halides is 7. The lowest BCUT2D eigenvalue weighted by atomic mass is 9.68. The van der Waals surface area contributed by atoms with Crippen LogP contribution < -0.4 is 5.01 Å². The normalized spacial score (nSPS) is 26.1. The van der Waals surface area contributed by atoms with Gasteiger partial charge in [0, 0.05) is 16.3 Å². The molecule has 2 N–H and O–H groups in total. The zero-order valence-electron chi connectivity index (χ0n) is 14.1. The Morgan fingerprint density at radius 3 is 2.37 bits per heavy atom. The van der Waals surface area contributed by atoms with Crippen LogP contribution in [0, 0.1) is 11.3 Å². The monoisotopic (exact) mass is 511 g/mol. The van der Waals surface area contributed by atoms with Gasteiger partial charge in [-0.1, -0.05) is 29.5 Å². The van der Waals surface area contributed by atoms with Crippen LogP contribution in [0.25, 0.3) is 0 Å². The quantitative estimate of drug-likeness (QED) is 0.369. The minimum Gasteiger partial charge on any atom is -0.383 e. The topological polar surface area (TPSA) is 69.0 Å². The van der Waals surface area contributed by atoms with Gasteiger partial charge in [0.05, 0.1) is 11.1 Å². The highest BCUT2D eigenvalue weighted by Gasteiger charge is 2.64. The molecule has 5 nitrogen and oxygen atoms in total. The first-order valence-electron chi connectivity index (χ1n) is 7.64. The maximum atomic E-state index is 13.3. The second-order valence-corrected chi connectivity index (χ2v) is 7.11. The number of aliphatic hydroxyl groups excluding tert-OH is 2. The molecule has 0 bridgehead atoms. The van der Waals surface area contributed by atoms with E-state index in [1.54, 1.807) is 0 Å². The Kier molecular flexibility index (Phi) is 6.03.